The lowest BCUT2D eigenvalue weighted by Gasteiger charge is -2.37. The molecule has 0 aliphatic carbocycles. The number of amides is 1. The van der Waals surface area contributed by atoms with E-state index in [1.807, 2.05) is 38.1 Å². The van der Waals surface area contributed by atoms with Crippen molar-refractivity contribution < 1.29 is 28.6 Å². The summed E-state index contributed by atoms with van der Waals surface area (Å²) in [5, 5.41) is 10.7. The van der Waals surface area contributed by atoms with Crippen molar-refractivity contribution in [2.45, 2.75) is 38.3 Å². The second-order valence-corrected chi connectivity index (χ2v) is 9.80. The van der Waals surface area contributed by atoms with Gasteiger partial charge in [-0.05, 0) is 50.1 Å². The van der Waals surface area contributed by atoms with Crippen LogP contribution < -0.4 is 0 Å². The van der Waals surface area contributed by atoms with E-state index >= 15 is 0 Å². The molecule has 1 fully saturated rings. The lowest BCUT2D eigenvalue weighted by molar-refractivity contribution is -0.159. The van der Waals surface area contributed by atoms with Gasteiger partial charge >= 0.3 is 5.97 Å². The molecule has 0 radical (unpaired) electrons. The van der Waals surface area contributed by atoms with Crippen molar-refractivity contribution in [2.24, 2.45) is 5.92 Å². The molecule has 0 bridgehead atoms. The first-order valence-corrected chi connectivity index (χ1v) is 12.1. The van der Waals surface area contributed by atoms with E-state index in [1.165, 1.54) is 43.2 Å². The number of ketones is 1. The zero-order valence-corrected chi connectivity index (χ0v) is 21.3. The van der Waals surface area contributed by atoms with Crippen LogP contribution in [0.15, 0.2) is 72.8 Å². The third-order valence-electron chi connectivity index (χ3n) is 7.27. The largest absolute Gasteiger partial charge is 0.479 e. The van der Waals surface area contributed by atoms with Gasteiger partial charge in [-0.1, -0.05) is 65.7 Å². The van der Waals surface area contributed by atoms with Crippen LogP contribution in [-0.4, -0.2) is 46.9 Å². The molecule has 4 atom stereocenters. The second kappa shape index (κ2) is 10.3. The number of carboxylic acids is 1. The number of halogens is 1. The monoisotopic (exact) mass is 503 g/mol. The fraction of sp³-hybridized carbons (Fsp3) is 0.300. The van der Waals surface area contributed by atoms with Gasteiger partial charge in [0.15, 0.2) is 5.78 Å². The molecule has 1 aliphatic heterocycles. The van der Waals surface area contributed by atoms with Crippen molar-refractivity contribution in [3.8, 4) is 0 Å². The Morgan fingerprint density at radius 1 is 0.946 bits per heavy atom. The first-order chi connectivity index (χ1) is 17.6. The number of aliphatic carboxylic acids is 1. The molecule has 3 aromatic rings. The van der Waals surface area contributed by atoms with Gasteiger partial charge in [0.2, 0.25) is 5.91 Å². The standard InChI is InChI=1S/C30H30FNO5/c1-18-7-5-9-21(15-18)27-25(28(34)22-10-6-8-19(2)16-22)26(20-11-13-23(31)14-12-20)30(3,29(35)36)32(27)24(33)17-37-4/h5-16,25-27H,17H2,1-4H3,(H,35,36). The van der Waals surface area contributed by atoms with Gasteiger partial charge in [-0.15, -0.1) is 0 Å². The number of carboxylic acid groups (broad SMARTS) is 1. The van der Waals surface area contributed by atoms with Crippen molar-refractivity contribution in [2.75, 3.05) is 13.7 Å². The van der Waals surface area contributed by atoms with E-state index < -0.39 is 41.1 Å². The Morgan fingerprint density at radius 2 is 1.57 bits per heavy atom. The molecule has 1 N–H and O–H groups in total. The van der Waals surface area contributed by atoms with Crippen LogP contribution in [0.2, 0.25) is 0 Å². The van der Waals surface area contributed by atoms with E-state index in [1.54, 1.807) is 24.3 Å². The molecule has 37 heavy (non-hydrogen) atoms. The Morgan fingerprint density at radius 3 is 2.14 bits per heavy atom. The van der Waals surface area contributed by atoms with Crippen LogP contribution in [0, 0.1) is 25.6 Å². The summed E-state index contributed by atoms with van der Waals surface area (Å²) >= 11 is 0. The number of rotatable bonds is 7. The van der Waals surface area contributed by atoms with E-state index in [0.29, 0.717) is 16.7 Å². The predicted octanol–water partition coefficient (Wildman–Crippen LogP) is 5.10. The molecule has 0 saturated carbocycles. The van der Waals surface area contributed by atoms with E-state index in [0.717, 1.165) is 11.1 Å². The SMILES string of the molecule is COCC(=O)N1C(c2cccc(C)c2)C(C(=O)c2cccc(C)c2)C(c2ccc(F)cc2)C1(C)C(=O)O. The Hall–Kier alpha value is -3.84. The van der Waals surface area contributed by atoms with Crippen molar-refractivity contribution in [1.29, 1.82) is 0 Å². The number of hydrogen-bond donors (Lipinski definition) is 1. The number of aryl methyl sites for hydroxylation is 2. The van der Waals surface area contributed by atoms with E-state index in [9.17, 15) is 23.9 Å². The fourth-order valence-electron chi connectivity index (χ4n) is 5.67. The first kappa shape index (κ1) is 26.2. The average molecular weight is 504 g/mol. The number of carbonyl (C=O) groups excluding carboxylic acids is 2. The molecule has 6 nitrogen and oxygen atoms in total. The maximum atomic E-state index is 14.3. The predicted molar refractivity (Wildman–Crippen MR) is 137 cm³/mol. The van der Waals surface area contributed by atoms with Crippen LogP contribution in [0.3, 0.4) is 0 Å². The molecular formula is C30H30FNO5. The molecule has 0 spiro atoms. The summed E-state index contributed by atoms with van der Waals surface area (Å²) in [6.45, 7) is 4.87. The number of benzene rings is 3. The number of Topliss-reactive ketones (excluding diaryl/α,β-unsaturated/α-hetero) is 1. The summed E-state index contributed by atoms with van der Waals surface area (Å²) in [4.78, 5) is 42.3. The first-order valence-electron chi connectivity index (χ1n) is 12.1. The highest BCUT2D eigenvalue weighted by atomic mass is 19.1. The van der Waals surface area contributed by atoms with E-state index in [4.69, 9.17) is 4.74 Å². The van der Waals surface area contributed by atoms with Crippen LogP contribution in [0.1, 0.15) is 51.5 Å². The second-order valence-electron chi connectivity index (χ2n) is 9.80. The highest BCUT2D eigenvalue weighted by molar-refractivity contribution is 6.02. The Labute approximate surface area is 215 Å². The smallest absolute Gasteiger partial charge is 0.330 e. The van der Waals surface area contributed by atoms with Crippen LogP contribution >= 0.6 is 0 Å². The minimum absolute atomic E-state index is 0.287. The third-order valence-corrected chi connectivity index (χ3v) is 7.27. The third kappa shape index (κ3) is 4.67. The summed E-state index contributed by atoms with van der Waals surface area (Å²) < 4.78 is 19.0. The Bertz CT molecular complexity index is 1340. The zero-order valence-electron chi connectivity index (χ0n) is 21.3. The topological polar surface area (TPSA) is 83.9 Å². The molecule has 4 rings (SSSR count). The van der Waals surface area contributed by atoms with E-state index in [-0.39, 0.29) is 12.4 Å². The van der Waals surface area contributed by atoms with Gasteiger partial charge in [-0.25, -0.2) is 9.18 Å². The number of likely N-dealkylation sites (tertiary alicyclic amines) is 1. The summed E-state index contributed by atoms with van der Waals surface area (Å²) in [6, 6.07) is 19.1. The molecule has 1 aliphatic rings. The molecule has 1 heterocycles. The minimum atomic E-state index is -1.83. The van der Waals surface area contributed by atoms with E-state index in [2.05, 4.69) is 0 Å². The van der Waals surface area contributed by atoms with Gasteiger partial charge in [0.05, 0.1) is 12.0 Å². The van der Waals surface area contributed by atoms with Crippen molar-refractivity contribution >= 4 is 17.7 Å². The van der Waals surface area contributed by atoms with Crippen LogP contribution in [0.4, 0.5) is 4.39 Å². The molecule has 1 amide bonds. The molecular weight excluding hydrogens is 473 g/mol. The van der Waals surface area contributed by atoms with Crippen LogP contribution in [0.25, 0.3) is 0 Å². The van der Waals surface area contributed by atoms with Crippen molar-refractivity contribution in [3.05, 3.63) is 106 Å². The normalized spacial score (nSPS) is 23.2. The van der Waals surface area contributed by atoms with Gasteiger partial charge in [0.1, 0.15) is 18.0 Å². The lowest BCUT2D eigenvalue weighted by atomic mass is 9.71. The summed E-state index contributed by atoms with van der Waals surface area (Å²) in [5.74, 6) is -4.51. The number of ether oxygens (including phenoxy) is 1. The number of nitrogens with zero attached hydrogens (tertiary/aromatic N) is 1. The lowest BCUT2D eigenvalue weighted by Crippen LogP contribution is -2.55. The molecule has 3 aromatic carbocycles. The molecule has 1 saturated heterocycles. The van der Waals surface area contributed by atoms with Gasteiger partial charge in [0.25, 0.3) is 0 Å². The summed E-state index contributed by atoms with van der Waals surface area (Å²) in [7, 11) is 1.36. The van der Waals surface area contributed by atoms with Gasteiger partial charge < -0.3 is 14.7 Å². The maximum Gasteiger partial charge on any atom is 0.330 e. The Balaban J connectivity index is 2.05. The number of methoxy groups -OCH3 is 1. The number of carbonyl (C=O) groups is 3. The quantitative estimate of drug-likeness (QED) is 0.454. The molecule has 4 unspecified atom stereocenters. The average Bonchev–Trinajstić information content (AvgIpc) is 3.15. The minimum Gasteiger partial charge on any atom is -0.479 e. The van der Waals surface area contributed by atoms with Crippen LogP contribution in [0.5, 0.6) is 0 Å². The van der Waals surface area contributed by atoms with Crippen LogP contribution in [-0.2, 0) is 14.3 Å². The zero-order chi connectivity index (χ0) is 26.9. The molecule has 192 valence electrons. The van der Waals surface area contributed by atoms with Crippen molar-refractivity contribution in [1.82, 2.24) is 4.90 Å². The summed E-state index contributed by atoms with van der Waals surface area (Å²) in [6.07, 6.45) is 0. The maximum absolute atomic E-state index is 14.3. The van der Waals surface area contributed by atoms with Gasteiger partial charge in [0, 0.05) is 18.6 Å². The number of hydrogen-bond acceptors (Lipinski definition) is 4. The fourth-order valence-corrected chi connectivity index (χ4v) is 5.67. The van der Waals surface area contributed by atoms with Crippen molar-refractivity contribution in [3.63, 3.8) is 0 Å². The Kier molecular flexibility index (Phi) is 7.28. The highest BCUT2D eigenvalue weighted by Gasteiger charge is 2.64. The highest BCUT2D eigenvalue weighted by Crippen LogP contribution is 2.56. The molecule has 0 aromatic heterocycles. The molecule has 7 heteroatoms. The summed E-state index contributed by atoms with van der Waals surface area (Å²) in [5.41, 5.74) is 1.48. The van der Waals surface area contributed by atoms with Gasteiger partial charge in [-0.3, -0.25) is 9.59 Å². The van der Waals surface area contributed by atoms with Gasteiger partial charge in [-0.2, -0.15) is 0 Å².